The van der Waals surface area contributed by atoms with Gasteiger partial charge in [0.15, 0.2) is 28.8 Å². The summed E-state index contributed by atoms with van der Waals surface area (Å²) in [5.41, 5.74) is 1.38. The minimum absolute atomic E-state index is 0.0331. The second kappa shape index (κ2) is 7.38. The van der Waals surface area contributed by atoms with Crippen LogP contribution < -0.4 is 19.6 Å². The normalized spacial score (nSPS) is 12.2. The molecule has 9 heteroatoms. The van der Waals surface area contributed by atoms with Gasteiger partial charge in [-0.05, 0) is 43.3 Å². The summed E-state index contributed by atoms with van der Waals surface area (Å²) in [5, 5.41) is 20.4. The van der Waals surface area contributed by atoms with Gasteiger partial charge in [0.1, 0.15) is 23.0 Å². The van der Waals surface area contributed by atoms with Crippen LogP contribution in [0.5, 0.6) is 28.7 Å². The maximum Gasteiger partial charge on any atom is 0.231 e. The summed E-state index contributed by atoms with van der Waals surface area (Å²) in [7, 11) is 1.44. The maximum absolute atomic E-state index is 12.2. The highest BCUT2D eigenvalue weighted by molar-refractivity contribution is 5.82. The van der Waals surface area contributed by atoms with Gasteiger partial charge in [-0.1, -0.05) is 0 Å². The van der Waals surface area contributed by atoms with Crippen LogP contribution in [-0.4, -0.2) is 34.1 Å². The highest BCUT2D eigenvalue weighted by atomic mass is 16.7. The molecule has 1 aliphatic rings. The number of hydrogen-bond acceptors (Lipinski definition) is 8. The summed E-state index contributed by atoms with van der Waals surface area (Å²) in [6.07, 6.45) is 0. The van der Waals surface area contributed by atoms with Gasteiger partial charge in [-0.2, -0.15) is 0 Å². The predicted octanol–water partition coefficient (Wildman–Crippen LogP) is 3.82. The molecule has 9 nitrogen and oxygen atoms in total. The van der Waals surface area contributed by atoms with E-state index in [0.29, 0.717) is 45.6 Å². The Morgan fingerprint density at radius 2 is 1.81 bits per heavy atom. The summed E-state index contributed by atoms with van der Waals surface area (Å²) < 4.78 is 21.7. The molecule has 0 fully saturated rings. The molecule has 0 amide bonds. The average Bonchev–Trinajstić information content (AvgIpc) is 3.43. The summed E-state index contributed by atoms with van der Waals surface area (Å²) in [6.45, 7) is 1.76. The zero-order valence-electron chi connectivity index (χ0n) is 17.1. The Balaban J connectivity index is 1.74. The minimum Gasteiger partial charge on any atom is -0.504 e. The Labute approximate surface area is 181 Å². The van der Waals surface area contributed by atoms with E-state index >= 15 is 0 Å². The van der Waals surface area contributed by atoms with E-state index in [1.165, 1.54) is 19.2 Å². The molecule has 0 aliphatic carbocycles. The Morgan fingerprint density at radius 1 is 1.03 bits per heavy atom. The molecular weight excluding hydrogens is 416 g/mol. The van der Waals surface area contributed by atoms with Crippen LogP contribution in [0.2, 0.25) is 0 Å². The molecule has 0 saturated heterocycles. The quantitative estimate of drug-likeness (QED) is 0.442. The number of benzene rings is 2. The zero-order chi connectivity index (χ0) is 22.4. The molecule has 1 aliphatic heterocycles. The third-order valence-electron chi connectivity index (χ3n) is 5.08. The number of nitrogens with zero attached hydrogens (tertiary/aromatic N) is 1. The number of ether oxygens (including phenoxy) is 3. The number of aromatic amines is 1. The topological polar surface area (TPSA) is 127 Å². The Hall–Kier alpha value is -4.40. The van der Waals surface area contributed by atoms with Crippen LogP contribution in [0.3, 0.4) is 0 Å². The first-order valence-electron chi connectivity index (χ1n) is 9.66. The predicted molar refractivity (Wildman–Crippen MR) is 114 cm³/mol. The van der Waals surface area contributed by atoms with Crippen molar-refractivity contribution >= 4 is 0 Å². The van der Waals surface area contributed by atoms with Gasteiger partial charge in [0, 0.05) is 17.2 Å². The maximum atomic E-state index is 12.2. The molecule has 5 rings (SSSR count). The van der Waals surface area contributed by atoms with Crippen molar-refractivity contribution in [3.63, 3.8) is 0 Å². The number of H-pyrrole nitrogens is 1. The Bertz CT molecular complexity index is 1400. The lowest BCUT2D eigenvalue weighted by molar-refractivity contribution is 0.174. The number of phenolic OH excluding ortho intramolecular Hbond substituents is 1. The standard InChI is InChI=1S/C23H18N2O7/c1-11-7-15(27)21(28)22(32-11)20-19(12-3-5-14(26)17(8-12)29-2)24-23(25-20)13-4-6-16-18(9-13)31-10-30-16/h3-9,26,28H,10H2,1-2H3,(H,24,25). The van der Waals surface area contributed by atoms with Crippen molar-refractivity contribution in [2.24, 2.45) is 0 Å². The lowest BCUT2D eigenvalue weighted by atomic mass is 10.1. The van der Waals surface area contributed by atoms with Crippen LogP contribution in [0.15, 0.2) is 51.7 Å². The number of phenols is 1. The number of aryl methyl sites for hydroxylation is 1. The van der Waals surface area contributed by atoms with E-state index in [1.807, 2.05) is 6.07 Å². The van der Waals surface area contributed by atoms with E-state index in [-0.39, 0.29) is 24.1 Å². The molecule has 0 radical (unpaired) electrons. The number of aromatic hydroxyl groups is 2. The second-order valence-corrected chi connectivity index (χ2v) is 7.16. The lowest BCUT2D eigenvalue weighted by Crippen LogP contribution is -2.01. The summed E-state index contributed by atoms with van der Waals surface area (Å²) >= 11 is 0. The van der Waals surface area contributed by atoms with Gasteiger partial charge in [0.05, 0.1) is 7.11 Å². The minimum atomic E-state index is -0.572. The highest BCUT2D eigenvalue weighted by Gasteiger charge is 2.23. The fourth-order valence-corrected chi connectivity index (χ4v) is 3.53. The molecule has 32 heavy (non-hydrogen) atoms. The van der Waals surface area contributed by atoms with E-state index in [1.54, 1.807) is 31.2 Å². The zero-order valence-corrected chi connectivity index (χ0v) is 17.1. The SMILES string of the molecule is COc1cc(-c2nc(-c3ccc4c(c3)OCO4)[nH]c2-c2oc(C)cc(=O)c2O)ccc1O. The van der Waals surface area contributed by atoms with Crippen LogP contribution in [0.1, 0.15) is 5.76 Å². The summed E-state index contributed by atoms with van der Waals surface area (Å²) in [5.74, 6) is 1.62. The number of fused-ring (bicyclic) bond motifs is 1. The average molecular weight is 434 g/mol. The van der Waals surface area contributed by atoms with Crippen molar-refractivity contribution in [1.82, 2.24) is 9.97 Å². The Morgan fingerprint density at radius 3 is 2.62 bits per heavy atom. The fourth-order valence-electron chi connectivity index (χ4n) is 3.53. The molecule has 0 saturated carbocycles. The highest BCUT2D eigenvalue weighted by Crippen LogP contribution is 2.41. The summed E-state index contributed by atoms with van der Waals surface area (Å²) in [6, 6.07) is 11.3. The van der Waals surface area contributed by atoms with E-state index in [4.69, 9.17) is 23.6 Å². The van der Waals surface area contributed by atoms with Gasteiger partial charge in [-0.3, -0.25) is 4.79 Å². The van der Waals surface area contributed by atoms with Gasteiger partial charge in [-0.15, -0.1) is 0 Å². The molecule has 162 valence electrons. The number of aromatic nitrogens is 2. The van der Waals surface area contributed by atoms with E-state index in [9.17, 15) is 15.0 Å². The van der Waals surface area contributed by atoms with E-state index in [2.05, 4.69) is 4.98 Å². The van der Waals surface area contributed by atoms with Gasteiger partial charge < -0.3 is 33.8 Å². The molecule has 0 atom stereocenters. The molecule has 2 aromatic carbocycles. The molecule has 0 unspecified atom stereocenters. The first kappa shape index (κ1) is 19.6. The van der Waals surface area contributed by atoms with Gasteiger partial charge in [0.25, 0.3) is 0 Å². The third-order valence-corrected chi connectivity index (χ3v) is 5.08. The lowest BCUT2D eigenvalue weighted by Gasteiger charge is -2.08. The smallest absolute Gasteiger partial charge is 0.231 e. The van der Waals surface area contributed by atoms with Crippen molar-refractivity contribution in [2.75, 3.05) is 13.9 Å². The number of hydrogen-bond donors (Lipinski definition) is 3. The summed E-state index contributed by atoms with van der Waals surface area (Å²) in [4.78, 5) is 20.0. The second-order valence-electron chi connectivity index (χ2n) is 7.16. The fraction of sp³-hybridized carbons (Fsp3) is 0.130. The first-order valence-corrected chi connectivity index (χ1v) is 9.66. The molecule has 0 bridgehead atoms. The van der Waals surface area contributed by atoms with Crippen molar-refractivity contribution in [3.05, 3.63) is 58.4 Å². The molecule has 3 N–H and O–H groups in total. The molecule has 3 heterocycles. The van der Waals surface area contributed by atoms with Gasteiger partial charge >= 0.3 is 0 Å². The molecule has 2 aromatic heterocycles. The number of rotatable bonds is 4. The first-order chi connectivity index (χ1) is 15.4. The van der Waals surface area contributed by atoms with Crippen LogP contribution in [0.4, 0.5) is 0 Å². The largest absolute Gasteiger partial charge is 0.504 e. The van der Waals surface area contributed by atoms with Crippen molar-refractivity contribution < 1.29 is 28.8 Å². The third kappa shape index (κ3) is 3.20. The van der Waals surface area contributed by atoms with E-state index < -0.39 is 11.2 Å². The molecule has 0 spiro atoms. The van der Waals surface area contributed by atoms with Crippen LogP contribution in [0.25, 0.3) is 34.1 Å². The van der Waals surface area contributed by atoms with Crippen molar-refractivity contribution in [2.45, 2.75) is 6.92 Å². The van der Waals surface area contributed by atoms with Crippen molar-refractivity contribution in [3.8, 4) is 62.8 Å². The van der Waals surface area contributed by atoms with Crippen LogP contribution >= 0.6 is 0 Å². The Kier molecular flexibility index (Phi) is 4.51. The van der Waals surface area contributed by atoms with Crippen molar-refractivity contribution in [1.29, 1.82) is 0 Å². The number of imidazole rings is 1. The molecule has 4 aromatic rings. The molecular formula is C23H18N2O7. The number of methoxy groups -OCH3 is 1. The van der Waals surface area contributed by atoms with E-state index in [0.717, 1.165) is 0 Å². The monoisotopic (exact) mass is 434 g/mol. The van der Waals surface area contributed by atoms with Gasteiger partial charge in [0.2, 0.25) is 18.0 Å². The van der Waals surface area contributed by atoms with Crippen LogP contribution in [-0.2, 0) is 0 Å². The van der Waals surface area contributed by atoms with Crippen LogP contribution in [0, 0.1) is 6.92 Å². The number of nitrogens with one attached hydrogen (secondary N) is 1. The van der Waals surface area contributed by atoms with Gasteiger partial charge in [-0.25, -0.2) is 4.98 Å².